The lowest BCUT2D eigenvalue weighted by atomic mass is 9.73. The largest absolute Gasteiger partial charge is 0.377 e. The Kier molecular flexibility index (Phi) is 1.77. The van der Waals surface area contributed by atoms with Crippen LogP contribution in [0.1, 0.15) is 30.4 Å². The molecule has 15 heavy (non-hydrogen) atoms. The number of hydrogen-bond donors (Lipinski definition) is 1. The molecule has 0 bridgehead atoms. The van der Waals surface area contributed by atoms with Gasteiger partial charge in [-0.05, 0) is 36.3 Å². The first-order chi connectivity index (χ1) is 7.23. The fourth-order valence-electron chi connectivity index (χ4n) is 3.10. The van der Waals surface area contributed by atoms with Crippen molar-refractivity contribution in [1.82, 2.24) is 0 Å². The number of hydrogen-bond acceptors (Lipinski definition) is 2. The second-order valence-electron chi connectivity index (χ2n) is 4.62. The van der Waals surface area contributed by atoms with Crippen LogP contribution in [0.3, 0.4) is 0 Å². The number of carbonyl (C=O) groups is 1. The van der Waals surface area contributed by atoms with Crippen molar-refractivity contribution in [2.24, 2.45) is 5.92 Å². The molecule has 2 heteroatoms. The lowest BCUT2D eigenvalue weighted by Crippen LogP contribution is -2.40. The summed E-state index contributed by atoms with van der Waals surface area (Å²) in [6, 6.07) is 7.81. The van der Waals surface area contributed by atoms with Crippen LogP contribution in [0.2, 0.25) is 0 Å². The third-order valence-corrected chi connectivity index (χ3v) is 3.93. The lowest BCUT2D eigenvalue weighted by molar-refractivity contribution is -0.138. The monoisotopic (exact) mass is 202 g/mol. The van der Waals surface area contributed by atoms with E-state index < -0.39 is 5.60 Å². The van der Waals surface area contributed by atoms with Crippen LogP contribution in [0, 0.1) is 5.92 Å². The third-order valence-electron chi connectivity index (χ3n) is 3.93. The predicted molar refractivity (Wildman–Crippen MR) is 56.4 cm³/mol. The second kappa shape index (κ2) is 2.92. The summed E-state index contributed by atoms with van der Waals surface area (Å²) in [5.74, 6) is 0.166. The molecule has 0 aromatic heterocycles. The van der Waals surface area contributed by atoms with E-state index in [-0.39, 0.29) is 11.7 Å². The van der Waals surface area contributed by atoms with Crippen LogP contribution in [-0.2, 0) is 16.8 Å². The summed E-state index contributed by atoms with van der Waals surface area (Å²) in [5.41, 5.74) is 0.852. The Labute approximate surface area is 88.9 Å². The van der Waals surface area contributed by atoms with Crippen molar-refractivity contribution in [3.8, 4) is 0 Å². The fourth-order valence-corrected chi connectivity index (χ4v) is 3.10. The Balaban J connectivity index is 2.21. The summed E-state index contributed by atoms with van der Waals surface area (Å²) < 4.78 is 0. The lowest BCUT2D eigenvalue weighted by Gasteiger charge is -2.35. The fraction of sp³-hybridized carbons (Fsp3) is 0.462. The molecule has 0 radical (unpaired) electrons. The molecule has 3 rings (SSSR count). The van der Waals surface area contributed by atoms with Crippen LogP contribution in [0.15, 0.2) is 24.3 Å². The molecular weight excluding hydrogens is 188 g/mol. The molecule has 0 aliphatic heterocycles. The summed E-state index contributed by atoms with van der Waals surface area (Å²) in [5, 5.41) is 10.6. The topological polar surface area (TPSA) is 37.3 Å². The second-order valence-corrected chi connectivity index (χ2v) is 4.62. The van der Waals surface area contributed by atoms with Gasteiger partial charge in [-0.1, -0.05) is 24.3 Å². The van der Waals surface area contributed by atoms with Crippen molar-refractivity contribution < 1.29 is 9.90 Å². The van der Waals surface area contributed by atoms with Gasteiger partial charge < -0.3 is 5.11 Å². The van der Waals surface area contributed by atoms with Gasteiger partial charge in [-0.25, -0.2) is 0 Å². The van der Waals surface area contributed by atoms with Crippen LogP contribution in [0.5, 0.6) is 0 Å². The van der Waals surface area contributed by atoms with E-state index in [0.29, 0.717) is 6.42 Å². The van der Waals surface area contributed by atoms with E-state index in [1.807, 2.05) is 24.3 Å². The Morgan fingerprint density at radius 1 is 1.20 bits per heavy atom. The minimum absolute atomic E-state index is 0.0136. The van der Waals surface area contributed by atoms with Gasteiger partial charge in [-0.3, -0.25) is 4.79 Å². The van der Waals surface area contributed by atoms with Crippen molar-refractivity contribution >= 4 is 5.78 Å². The van der Waals surface area contributed by atoms with Crippen LogP contribution in [-0.4, -0.2) is 10.9 Å². The number of benzene rings is 1. The van der Waals surface area contributed by atoms with Crippen molar-refractivity contribution in [1.29, 1.82) is 0 Å². The number of aryl methyl sites for hydroxylation is 1. The molecule has 1 fully saturated rings. The number of aliphatic hydroxyl groups is 1. The van der Waals surface area contributed by atoms with Gasteiger partial charge in [-0.15, -0.1) is 0 Å². The van der Waals surface area contributed by atoms with E-state index in [1.54, 1.807) is 0 Å². The highest BCUT2D eigenvalue weighted by molar-refractivity contribution is 5.91. The zero-order valence-electron chi connectivity index (χ0n) is 8.57. The molecule has 2 atom stereocenters. The molecule has 1 aromatic carbocycles. The highest BCUT2D eigenvalue weighted by Crippen LogP contribution is 2.47. The molecular formula is C13H14O2. The highest BCUT2D eigenvalue weighted by atomic mass is 16.3. The molecule has 0 unspecified atom stereocenters. The summed E-state index contributed by atoms with van der Waals surface area (Å²) in [6.45, 7) is 0. The van der Waals surface area contributed by atoms with Crippen molar-refractivity contribution in [2.45, 2.75) is 31.3 Å². The smallest absolute Gasteiger partial charge is 0.169 e. The molecule has 2 nitrogen and oxygen atoms in total. The van der Waals surface area contributed by atoms with E-state index in [9.17, 15) is 9.90 Å². The number of carbonyl (C=O) groups excluding carboxylic acids is 1. The van der Waals surface area contributed by atoms with Crippen molar-refractivity contribution in [3.05, 3.63) is 35.4 Å². The molecule has 2 aliphatic rings. The van der Waals surface area contributed by atoms with Crippen molar-refractivity contribution in [2.75, 3.05) is 0 Å². The zero-order chi connectivity index (χ0) is 10.5. The average Bonchev–Trinajstić information content (AvgIpc) is 2.56. The van der Waals surface area contributed by atoms with E-state index in [2.05, 4.69) is 0 Å². The molecule has 2 aliphatic carbocycles. The zero-order valence-corrected chi connectivity index (χ0v) is 8.57. The van der Waals surface area contributed by atoms with Gasteiger partial charge in [0.1, 0.15) is 0 Å². The summed E-state index contributed by atoms with van der Waals surface area (Å²) in [7, 11) is 0. The Hall–Kier alpha value is -1.15. The SMILES string of the molecule is O=C1CC[C@H]2CCc3ccccc3[C@]12O. The van der Waals surface area contributed by atoms with Gasteiger partial charge in [0.15, 0.2) is 11.4 Å². The van der Waals surface area contributed by atoms with Gasteiger partial charge in [0.05, 0.1) is 0 Å². The first-order valence-corrected chi connectivity index (χ1v) is 5.57. The van der Waals surface area contributed by atoms with Gasteiger partial charge in [0, 0.05) is 6.42 Å². The third kappa shape index (κ3) is 1.06. The van der Waals surface area contributed by atoms with Crippen LogP contribution in [0.4, 0.5) is 0 Å². The Morgan fingerprint density at radius 3 is 2.80 bits per heavy atom. The predicted octanol–water partition coefficient (Wildman–Crippen LogP) is 1.80. The quantitative estimate of drug-likeness (QED) is 0.696. The summed E-state index contributed by atoms with van der Waals surface area (Å²) >= 11 is 0. The van der Waals surface area contributed by atoms with E-state index >= 15 is 0 Å². The van der Waals surface area contributed by atoms with Crippen LogP contribution >= 0.6 is 0 Å². The van der Waals surface area contributed by atoms with Crippen LogP contribution in [0.25, 0.3) is 0 Å². The van der Waals surface area contributed by atoms with Gasteiger partial charge in [-0.2, -0.15) is 0 Å². The number of Topliss-reactive ketones (excluding diaryl/α,β-unsaturated/α-hetero) is 1. The number of ketones is 1. The molecule has 1 N–H and O–H groups in total. The molecule has 0 heterocycles. The van der Waals surface area contributed by atoms with Crippen molar-refractivity contribution in [3.63, 3.8) is 0 Å². The van der Waals surface area contributed by atoms with E-state index in [4.69, 9.17) is 0 Å². The molecule has 78 valence electrons. The minimum atomic E-state index is -1.16. The van der Waals surface area contributed by atoms with Gasteiger partial charge in [0.2, 0.25) is 0 Å². The summed E-state index contributed by atoms with van der Waals surface area (Å²) in [4.78, 5) is 11.8. The minimum Gasteiger partial charge on any atom is -0.377 e. The number of fused-ring (bicyclic) bond motifs is 3. The Bertz CT molecular complexity index is 424. The standard InChI is InChI=1S/C13H14O2/c14-12-8-7-10-6-5-9-3-1-2-4-11(9)13(10,12)15/h1-4,10,15H,5-8H2/t10-,13+/m1/s1. The highest BCUT2D eigenvalue weighted by Gasteiger charge is 2.51. The molecule has 1 aromatic rings. The normalized spacial score (nSPS) is 33.7. The summed E-state index contributed by atoms with van der Waals surface area (Å²) in [6.07, 6.45) is 3.33. The van der Waals surface area contributed by atoms with E-state index in [1.165, 1.54) is 0 Å². The maximum absolute atomic E-state index is 11.8. The van der Waals surface area contributed by atoms with Gasteiger partial charge >= 0.3 is 0 Å². The molecule has 0 spiro atoms. The molecule has 0 saturated heterocycles. The molecule has 0 amide bonds. The van der Waals surface area contributed by atoms with E-state index in [0.717, 1.165) is 30.4 Å². The first-order valence-electron chi connectivity index (χ1n) is 5.57. The first kappa shape index (κ1) is 9.10. The maximum atomic E-state index is 11.8. The van der Waals surface area contributed by atoms with Gasteiger partial charge in [0.25, 0.3) is 0 Å². The van der Waals surface area contributed by atoms with Crippen LogP contribution < -0.4 is 0 Å². The molecule has 1 saturated carbocycles. The maximum Gasteiger partial charge on any atom is 0.169 e. The Morgan fingerprint density at radius 2 is 1.93 bits per heavy atom. The number of rotatable bonds is 0. The average molecular weight is 202 g/mol.